The van der Waals surface area contributed by atoms with Crippen LogP contribution in [0.3, 0.4) is 0 Å². The summed E-state index contributed by atoms with van der Waals surface area (Å²) in [7, 11) is 1.94. The molecule has 3 N–H and O–H groups in total. The van der Waals surface area contributed by atoms with Gasteiger partial charge in [-0.15, -0.1) is 0 Å². The van der Waals surface area contributed by atoms with Crippen LogP contribution in [0.5, 0.6) is 0 Å². The SMILES string of the molecule is CC(CN)CN(C)CC(=O)NC(C)(C)C. The van der Waals surface area contributed by atoms with Gasteiger partial charge in [0.15, 0.2) is 0 Å². The van der Waals surface area contributed by atoms with Crippen LogP contribution in [0.1, 0.15) is 27.7 Å². The molecule has 0 aliphatic carbocycles. The predicted molar refractivity (Wildman–Crippen MR) is 63.6 cm³/mol. The van der Waals surface area contributed by atoms with Gasteiger partial charge in [-0.1, -0.05) is 6.92 Å². The Kier molecular flexibility index (Phi) is 5.83. The van der Waals surface area contributed by atoms with Gasteiger partial charge >= 0.3 is 0 Å². The molecule has 1 unspecified atom stereocenters. The topological polar surface area (TPSA) is 58.4 Å². The molecule has 1 atom stereocenters. The van der Waals surface area contributed by atoms with Crippen molar-refractivity contribution in [2.24, 2.45) is 11.7 Å². The summed E-state index contributed by atoms with van der Waals surface area (Å²) >= 11 is 0. The molecule has 0 aromatic carbocycles. The number of rotatable bonds is 5. The standard InChI is InChI=1S/C11H25N3O/c1-9(6-12)7-14(5)8-10(15)13-11(2,3)4/h9H,6-8,12H2,1-5H3,(H,13,15). The Morgan fingerprint density at radius 2 is 2.00 bits per heavy atom. The van der Waals surface area contributed by atoms with E-state index in [1.165, 1.54) is 0 Å². The summed E-state index contributed by atoms with van der Waals surface area (Å²) in [6.45, 7) is 9.97. The largest absolute Gasteiger partial charge is 0.350 e. The average Bonchev–Trinajstić information content (AvgIpc) is 1.99. The number of likely N-dealkylation sites (N-methyl/N-ethyl adjacent to an activating group) is 1. The first kappa shape index (κ1) is 14.4. The van der Waals surface area contributed by atoms with Crippen molar-refractivity contribution in [3.8, 4) is 0 Å². The highest BCUT2D eigenvalue weighted by atomic mass is 16.2. The summed E-state index contributed by atoms with van der Waals surface area (Å²) in [5.74, 6) is 0.492. The summed E-state index contributed by atoms with van der Waals surface area (Å²) in [4.78, 5) is 13.6. The third kappa shape index (κ3) is 8.39. The molecule has 4 nitrogen and oxygen atoms in total. The maximum absolute atomic E-state index is 11.6. The predicted octanol–water partition coefficient (Wildman–Crippen LogP) is 0.428. The molecule has 0 rings (SSSR count). The second-order valence-electron chi connectivity index (χ2n) is 5.34. The van der Waals surface area contributed by atoms with Gasteiger partial charge in [-0.2, -0.15) is 0 Å². The molecule has 0 fully saturated rings. The van der Waals surface area contributed by atoms with E-state index in [9.17, 15) is 4.79 Å². The lowest BCUT2D eigenvalue weighted by Gasteiger charge is -2.24. The smallest absolute Gasteiger partial charge is 0.234 e. The molecule has 0 radical (unpaired) electrons. The van der Waals surface area contributed by atoms with Crippen molar-refractivity contribution in [3.05, 3.63) is 0 Å². The quantitative estimate of drug-likeness (QED) is 0.699. The molecule has 0 aromatic heterocycles. The van der Waals surface area contributed by atoms with Crippen LogP contribution in [-0.4, -0.2) is 43.0 Å². The third-order valence-corrected chi connectivity index (χ3v) is 1.95. The second kappa shape index (κ2) is 6.08. The van der Waals surface area contributed by atoms with Crippen LogP contribution < -0.4 is 11.1 Å². The zero-order valence-electron chi connectivity index (χ0n) is 10.6. The lowest BCUT2D eigenvalue weighted by atomic mass is 10.1. The van der Waals surface area contributed by atoms with Crippen LogP contribution in [0.15, 0.2) is 0 Å². The summed E-state index contributed by atoms with van der Waals surface area (Å²) in [6, 6.07) is 0. The van der Waals surface area contributed by atoms with Gasteiger partial charge in [0.1, 0.15) is 0 Å². The molecule has 0 heterocycles. The Balaban J connectivity index is 3.87. The van der Waals surface area contributed by atoms with Gasteiger partial charge < -0.3 is 11.1 Å². The van der Waals surface area contributed by atoms with Crippen LogP contribution in [0.25, 0.3) is 0 Å². The lowest BCUT2D eigenvalue weighted by Crippen LogP contribution is -2.46. The van der Waals surface area contributed by atoms with E-state index in [-0.39, 0.29) is 11.4 Å². The number of nitrogens with zero attached hydrogens (tertiary/aromatic N) is 1. The number of nitrogens with one attached hydrogen (secondary N) is 1. The van der Waals surface area contributed by atoms with Gasteiger partial charge in [-0.3, -0.25) is 9.69 Å². The zero-order chi connectivity index (χ0) is 12.1. The fourth-order valence-corrected chi connectivity index (χ4v) is 1.37. The van der Waals surface area contributed by atoms with Crippen LogP contribution in [0, 0.1) is 5.92 Å². The third-order valence-electron chi connectivity index (χ3n) is 1.95. The zero-order valence-corrected chi connectivity index (χ0v) is 10.6. The molecular weight excluding hydrogens is 190 g/mol. The van der Waals surface area contributed by atoms with Crippen LogP contribution in [0.2, 0.25) is 0 Å². The summed E-state index contributed by atoms with van der Waals surface area (Å²) < 4.78 is 0. The summed E-state index contributed by atoms with van der Waals surface area (Å²) in [6.07, 6.45) is 0. The van der Waals surface area contributed by atoms with Gasteiger partial charge in [0, 0.05) is 12.1 Å². The van der Waals surface area contributed by atoms with Gasteiger partial charge in [0.2, 0.25) is 5.91 Å². The highest BCUT2D eigenvalue weighted by molar-refractivity contribution is 5.78. The van der Waals surface area contributed by atoms with E-state index in [0.29, 0.717) is 19.0 Å². The van der Waals surface area contributed by atoms with Crippen LogP contribution >= 0.6 is 0 Å². The van der Waals surface area contributed by atoms with Crippen LogP contribution in [-0.2, 0) is 4.79 Å². The second-order valence-corrected chi connectivity index (χ2v) is 5.34. The molecule has 0 spiro atoms. The van der Waals surface area contributed by atoms with Crippen molar-refractivity contribution in [2.75, 3.05) is 26.7 Å². The molecule has 0 bridgehead atoms. The van der Waals surface area contributed by atoms with Crippen molar-refractivity contribution >= 4 is 5.91 Å². The van der Waals surface area contributed by atoms with Crippen molar-refractivity contribution < 1.29 is 4.79 Å². The van der Waals surface area contributed by atoms with E-state index in [0.717, 1.165) is 6.54 Å². The van der Waals surface area contributed by atoms with Crippen molar-refractivity contribution in [1.29, 1.82) is 0 Å². The Hall–Kier alpha value is -0.610. The van der Waals surface area contributed by atoms with E-state index >= 15 is 0 Å². The van der Waals surface area contributed by atoms with Gasteiger partial charge in [-0.05, 0) is 40.3 Å². The highest BCUT2D eigenvalue weighted by Gasteiger charge is 2.15. The Labute approximate surface area is 93.2 Å². The Morgan fingerprint density at radius 1 is 1.47 bits per heavy atom. The first-order valence-corrected chi connectivity index (χ1v) is 5.44. The number of hydrogen-bond acceptors (Lipinski definition) is 3. The minimum Gasteiger partial charge on any atom is -0.350 e. The minimum absolute atomic E-state index is 0.0641. The molecule has 1 amide bonds. The molecule has 0 saturated heterocycles. The fraction of sp³-hybridized carbons (Fsp3) is 0.909. The molecule has 0 aromatic rings. The number of hydrogen-bond donors (Lipinski definition) is 2. The van der Waals surface area contributed by atoms with E-state index in [1.54, 1.807) is 0 Å². The lowest BCUT2D eigenvalue weighted by molar-refractivity contribution is -0.123. The molecular formula is C11H25N3O. The highest BCUT2D eigenvalue weighted by Crippen LogP contribution is 1.99. The molecule has 15 heavy (non-hydrogen) atoms. The van der Waals surface area contributed by atoms with E-state index < -0.39 is 0 Å². The number of amides is 1. The van der Waals surface area contributed by atoms with Gasteiger partial charge in [0.25, 0.3) is 0 Å². The van der Waals surface area contributed by atoms with E-state index in [2.05, 4.69) is 12.2 Å². The van der Waals surface area contributed by atoms with E-state index in [1.807, 2.05) is 32.7 Å². The number of nitrogens with two attached hydrogens (primary N) is 1. The van der Waals surface area contributed by atoms with Gasteiger partial charge in [-0.25, -0.2) is 0 Å². The van der Waals surface area contributed by atoms with E-state index in [4.69, 9.17) is 5.73 Å². The van der Waals surface area contributed by atoms with Crippen molar-refractivity contribution in [3.63, 3.8) is 0 Å². The molecule has 0 aliphatic heterocycles. The summed E-state index contributed by atoms with van der Waals surface area (Å²) in [5.41, 5.74) is 5.37. The summed E-state index contributed by atoms with van der Waals surface area (Å²) in [5, 5.41) is 2.93. The number of carbonyl (C=O) groups is 1. The average molecular weight is 215 g/mol. The maximum atomic E-state index is 11.6. The van der Waals surface area contributed by atoms with Gasteiger partial charge in [0.05, 0.1) is 6.54 Å². The monoisotopic (exact) mass is 215 g/mol. The molecule has 90 valence electrons. The minimum atomic E-state index is -0.155. The molecule has 0 saturated carbocycles. The Morgan fingerprint density at radius 3 is 2.40 bits per heavy atom. The van der Waals surface area contributed by atoms with Crippen molar-refractivity contribution in [2.45, 2.75) is 33.2 Å². The van der Waals surface area contributed by atoms with Crippen LogP contribution in [0.4, 0.5) is 0 Å². The van der Waals surface area contributed by atoms with Crippen molar-refractivity contribution in [1.82, 2.24) is 10.2 Å². The number of carbonyl (C=O) groups excluding carboxylic acids is 1. The first-order valence-electron chi connectivity index (χ1n) is 5.44. The molecule has 4 heteroatoms. The molecule has 0 aliphatic rings. The first-order chi connectivity index (χ1) is 6.74. The normalized spacial score (nSPS) is 14.1. The Bertz CT molecular complexity index is 198. The fourth-order valence-electron chi connectivity index (χ4n) is 1.37. The maximum Gasteiger partial charge on any atom is 0.234 e.